The molecule has 0 atom stereocenters. The smallest absolute Gasteiger partial charge is 0.248 e. The Balaban J connectivity index is 1.56. The number of hydrogen-bond acceptors (Lipinski definition) is 7. The highest BCUT2D eigenvalue weighted by Gasteiger charge is 2.34. The third-order valence-electron chi connectivity index (χ3n) is 5.24. The summed E-state index contributed by atoms with van der Waals surface area (Å²) in [6, 6.07) is 5.71. The van der Waals surface area contributed by atoms with Crippen LogP contribution in [-0.4, -0.2) is 58.8 Å². The maximum Gasteiger partial charge on any atom is 0.248 e. The Bertz CT molecular complexity index is 1110. The van der Waals surface area contributed by atoms with Crippen LogP contribution in [-0.2, 0) is 10.0 Å². The molecule has 0 spiro atoms. The fraction of sp³-hybridized carbons (Fsp3) is 0.421. The van der Waals surface area contributed by atoms with Crippen LogP contribution in [0, 0.1) is 27.7 Å². The molecule has 154 valence electrons. The first-order chi connectivity index (χ1) is 13.8. The van der Waals surface area contributed by atoms with E-state index in [1.54, 1.807) is 20.0 Å². The molecule has 1 aliphatic rings. The Hall–Kier alpha value is -2.72. The lowest BCUT2D eigenvalue weighted by atomic mass is 10.2. The fourth-order valence-electron chi connectivity index (χ4n) is 3.92. The largest absolute Gasteiger partial charge is 0.366 e. The van der Waals surface area contributed by atoms with Crippen LogP contribution in [0.3, 0.4) is 0 Å². The first-order valence-electron chi connectivity index (χ1n) is 9.46. The molecule has 1 fully saturated rings. The van der Waals surface area contributed by atoms with E-state index in [9.17, 15) is 8.42 Å². The van der Waals surface area contributed by atoms with Crippen molar-refractivity contribution >= 4 is 15.7 Å². The van der Waals surface area contributed by atoms with Gasteiger partial charge in [0.25, 0.3) is 0 Å². The maximum absolute atomic E-state index is 13.0. The Labute approximate surface area is 170 Å². The maximum atomic E-state index is 13.0. The van der Waals surface area contributed by atoms with Crippen molar-refractivity contribution in [3.63, 3.8) is 0 Å². The molecule has 4 rings (SSSR count). The summed E-state index contributed by atoms with van der Waals surface area (Å²) in [5.41, 5.74) is 3.32. The second kappa shape index (κ2) is 7.27. The van der Waals surface area contributed by atoms with Crippen LogP contribution in [0.15, 0.2) is 33.8 Å². The van der Waals surface area contributed by atoms with Gasteiger partial charge in [0.2, 0.25) is 10.0 Å². The Kier molecular flexibility index (Phi) is 4.91. The number of pyridine rings is 1. The van der Waals surface area contributed by atoms with Crippen LogP contribution in [0.2, 0.25) is 0 Å². The quantitative estimate of drug-likeness (QED) is 0.642. The predicted molar refractivity (Wildman–Crippen MR) is 108 cm³/mol. The molecule has 0 aromatic carbocycles. The van der Waals surface area contributed by atoms with E-state index in [0.29, 0.717) is 37.6 Å². The van der Waals surface area contributed by atoms with Crippen molar-refractivity contribution in [3.8, 4) is 5.82 Å². The molecule has 0 radical (unpaired) electrons. The summed E-state index contributed by atoms with van der Waals surface area (Å²) >= 11 is 0. The number of aromatic nitrogens is 4. The van der Waals surface area contributed by atoms with Crippen LogP contribution in [0.4, 0.5) is 5.69 Å². The second-order valence-electron chi connectivity index (χ2n) is 7.16. The SMILES string of the molecule is Cc1nn(-c2ccccn2)c(C)c1N1CCN(S(=O)(=O)c2c(C)noc2C)CC1. The van der Waals surface area contributed by atoms with Gasteiger partial charge >= 0.3 is 0 Å². The molecule has 3 aromatic rings. The van der Waals surface area contributed by atoms with Gasteiger partial charge < -0.3 is 9.42 Å². The summed E-state index contributed by atoms with van der Waals surface area (Å²) in [5, 5.41) is 8.43. The van der Waals surface area contributed by atoms with Crippen molar-refractivity contribution in [2.75, 3.05) is 31.1 Å². The van der Waals surface area contributed by atoms with Gasteiger partial charge in [0, 0.05) is 32.4 Å². The molecule has 29 heavy (non-hydrogen) atoms. The minimum Gasteiger partial charge on any atom is -0.366 e. The molecule has 4 heterocycles. The number of hydrogen-bond donors (Lipinski definition) is 0. The first kappa shape index (κ1) is 19.6. The van der Waals surface area contributed by atoms with Gasteiger partial charge in [0.1, 0.15) is 10.6 Å². The minimum atomic E-state index is -3.62. The Morgan fingerprint density at radius 1 is 1.00 bits per heavy atom. The van der Waals surface area contributed by atoms with Gasteiger partial charge in [-0.3, -0.25) is 0 Å². The highest BCUT2D eigenvalue weighted by Crippen LogP contribution is 2.29. The third-order valence-corrected chi connectivity index (χ3v) is 7.38. The topological polar surface area (TPSA) is 97.4 Å². The summed E-state index contributed by atoms with van der Waals surface area (Å²) in [6.45, 7) is 9.20. The number of rotatable bonds is 4. The van der Waals surface area contributed by atoms with Gasteiger partial charge in [-0.2, -0.15) is 9.40 Å². The van der Waals surface area contributed by atoms with Crippen LogP contribution in [0.5, 0.6) is 0 Å². The molecular formula is C19H24N6O3S. The Morgan fingerprint density at radius 2 is 1.72 bits per heavy atom. The van der Waals surface area contributed by atoms with Gasteiger partial charge in [0.15, 0.2) is 11.6 Å². The van der Waals surface area contributed by atoms with Gasteiger partial charge in [0.05, 0.1) is 17.1 Å². The van der Waals surface area contributed by atoms with Crippen molar-refractivity contribution in [1.82, 2.24) is 24.2 Å². The van der Waals surface area contributed by atoms with Gasteiger partial charge in [-0.15, -0.1) is 0 Å². The van der Waals surface area contributed by atoms with E-state index in [1.807, 2.05) is 36.7 Å². The number of aryl methyl sites for hydroxylation is 3. The number of sulfonamides is 1. The molecular weight excluding hydrogens is 392 g/mol. The Morgan fingerprint density at radius 3 is 2.31 bits per heavy atom. The minimum absolute atomic E-state index is 0.182. The van der Waals surface area contributed by atoms with E-state index >= 15 is 0 Å². The lowest BCUT2D eigenvalue weighted by molar-refractivity contribution is 0.378. The van der Waals surface area contributed by atoms with E-state index in [0.717, 1.165) is 22.9 Å². The van der Waals surface area contributed by atoms with Crippen LogP contribution < -0.4 is 4.90 Å². The normalized spacial score (nSPS) is 15.8. The zero-order valence-electron chi connectivity index (χ0n) is 17.0. The van der Waals surface area contributed by atoms with E-state index in [-0.39, 0.29) is 4.90 Å². The van der Waals surface area contributed by atoms with E-state index in [4.69, 9.17) is 4.52 Å². The van der Waals surface area contributed by atoms with Crippen LogP contribution >= 0.6 is 0 Å². The van der Waals surface area contributed by atoms with Gasteiger partial charge in [-0.1, -0.05) is 11.2 Å². The fourth-order valence-corrected chi connectivity index (χ4v) is 5.63. The highest BCUT2D eigenvalue weighted by atomic mass is 32.2. The average Bonchev–Trinajstić information content (AvgIpc) is 3.21. The van der Waals surface area contributed by atoms with Gasteiger partial charge in [-0.25, -0.2) is 18.1 Å². The summed E-state index contributed by atoms with van der Waals surface area (Å²) < 4.78 is 34.5. The molecule has 1 saturated heterocycles. The third kappa shape index (κ3) is 3.32. The molecule has 3 aromatic heterocycles. The molecule has 10 heteroatoms. The molecule has 0 amide bonds. The molecule has 1 aliphatic heterocycles. The predicted octanol–water partition coefficient (Wildman–Crippen LogP) is 2.00. The molecule has 0 saturated carbocycles. The van der Waals surface area contributed by atoms with E-state index in [2.05, 4.69) is 20.1 Å². The van der Waals surface area contributed by atoms with Crippen LogP contribution in [0.25, 0.3) is 5.82 Å². The monoisotopic (exact) mass is 416 g/mol. The van der Waals surface area contributed by atoms with E-state index < -0.39 is 10.0 Å². The zero-order chi connectivity index (χ0) is 20.8. The number of piperazine rings is 1. The molecule has 0 aliphatic carbocycles. The summed E-state index contributed by atoms with van der Waals surface area (Å²) in [6.07, 6.45) is 1.74. The summed E-state index contributed by atoms with van der Waals surface area (Å²) in [5.74, 6) is 1.09. The first-order valence-corrected chi connectivity index (χ1v) is 10.9. The summed E-state index contributed by atoms with van der Waals surface area (Å²) in [7, 11) is -3.62. The molecule has 0 bridgehead atoms. The van der Waals surface area contributed by atoms with Crippen molar-refractivity contribution in [2.24, 2.45) is 0 Å². The lowest BCUT2D eigenvalue weighted by Crippen LogP contribution is -2.49. The summed E-state index contributed by atoms with van der Waals surface area (Å²) in [4.78, 5) is 6.75. The van der Waals surface area contributed by atoms with Crippen molar-refractivity contribution < 1.29 is 12.9 Å². The standard InChI is InChI=1S/C19H24N6O3S/c1-13-18(15(3)25(21-13)17-7-5-6-8-20-17)23-9-11-24(12-10-23)29(26,27)19-14(2)22-28-16(19)4/h5-8H,9-12H2,1-4H3. The van der Waals surface area contributed by atoms with Crippen molar-refractivity contribution in [1.29, 1.82) is 0 Å². The molecule has 0 N–H and O–H groups in total. The van der Waals surface area contributed by atoms with Crippen LogP contribution in [0.1, 0.15) is 22.8 Å². The second-order valence-corrected chi connectivity index (χ2v) is 9.04. The van der Waals surface area contributed by atoms with Gasteiger partial charge in [-0.05, 0) is 39.8 Å². The average molecular weight is 417 g/mol. The molecule has 9 nitrogen and oxygen atoms in total. The number of nitrogens with zero attached hydrogens (tertiary/aromatic N) is 6. The highest BCUT2D eigenvalue weighted by molar-refractivity contribution is 7.89. The molecule has 0 unspecified atom stereocenters. The van der Waals surface area contributed by atoms with E-state index in [1.165, 1.54) is 4.31 Å². The van der Waals surface area contributed by atoms with Crippen molar-refractivity contribution in [3.05, 3.63) is 47.2 Å². The van der Waals surface area contributed by atoms with Crippen molar-refractivity contribution in [2.45, 2.75) is 32.6 Å². The lowest BCUT2D eigenvalue weighted by Gasteiger charge is -2.35. The zero-order valence-corrected chi connectivity index (χ0v) is 17.8. The number of anilines is 1.